The highest BCUT2D eigenvalue weighted by molar-refractivity contribution is 5.79. The summed E-state index contributed by atoms with van der Waals surface area (Å²) in [6.45, 7) is 4.42. The van der Waals surface area contributed by atoms with E-state index >= 15 is 0 Å². The van der Waals surface area contributed by atoms with Crippen LogP contribution in [0.5, 0.6) is 0 Å². The third-order valence-electron chi connectivity index (χ3n) is 0. The van der Waals surface area contributed by atoms with Gasteiger partial charge in [-0.25, -0.2) is 0 Å². The van der Waals surface area contributed by atoms with Gasteiger partial charge in [-0.05, 0) is 6.92 Å². The van der Waals surface area contributed by atoms with Gasteiger partial charge in [-0.2, -0.15) is 0 Å². The van der Waals surface area contributed by atoms with Gasteiger partial charge in [-0.1, -0.05) is 0 Å². The van der Waals surface area contributed by atoms with Crippen molar-refractivity contribution >= 4 is 5.78 Å². The second kappa shape index (κ2) is 1.04. The van der Waals surface area contributed by atoms with Crippen LogP contribution in [0.15, 0.2) is 0 Å². The van der Waals surface area contributed by atoms with Crippen LogP contribution in [0.4, 0.5) is 0 Å². The number of carbonyl (C=O) groups is 1. The molecular weight excluding hydrogens is 52.0 g/mol. The smallest absolute Gasteiger partial charge is 0.300 e. The predicted molar refractivity (Wildman–Crippen MR) is 17.1 cm³/mol. The van der Waals surface area contributed by atoms with E-state index in [4.69, 9.17) is 0 Å². The highest BCUT2D eigenvalue weighted by Gasteiger charge is 1.62. The Morgan fingerprint density at radius 3 is 2.25 bits per heavy atom. The van der Waals surface area contributed by atoms with E-state index in [0.29, 0.717) is 0 Å². The van der Waals surface area contributed by atoms with Gasteiger partial charge in [0.25, 0.3) is 0 Å². The Hall–Kier alpha value is -0.330. The van der Waals surface area contributed by atoms with Crippen LogP contribution in [0.1, 0.15) is 8.35 Å². The van der Waals surface area contributed by atoms with Gasteiger partial charge in [0.2, 0.25) is 0 Å². The molecule has 0 unspecified atom stereocenters. The molecule has 4 heavy (non-hydrogen) atoms. The molecule has 0 aromatic rings. The van der Waals surface area contributed by atoms with Gasteiger partial charge in [-0.3, -0.25) is 0 Å². The summed E-state index contributed by atoms with van der Waals surface area (Å²) >= 11 is 0. The monoisotopic (exact) mass is 58.0 g/mol. The van der Waals surface area contributed by atoms with Crippen molar-refractivity contribution in [3.8, 4) is 0 Å². The molecule has 0 aromatic carbocycles. The van der Waals surface area contributed by atoms with E-state index in [1.165, 1.54) is 6.92 Å². The van der Waals surface area contributed by atoms with E-state index in [0.717, 1.165) is 0 Å². The van der Waals surface area contributed by atoms with Crippen LogP contribution in [0.3, 0.4) is 0 Å². The van der Waals surface area contributed by atoms with Gasteiger partial charge < -0.3 is 4.79 Å². The molecule has 0 heterocycles. The molecule has 0 amide bonds. The molecule has 0 aliphatic carbocycles. The molecule has 0 spiro atoms. The Labute approximate surface area is 27.1 Å². The third-order valence-corrected chi connectivity index (χ3v) is 0. The maximum atomic E-state index is 9.33. The quantitative estimate of drug-likeness (QED) is 0.397. The second-order valence-electron chi connectivity index (χ2n) is 0.702. The molecule has 0 fully saturated rings. The number of hydrogen-bond donors (Lipinski definition) is 0. The molecule has 0 aliphatic rings. The van der Waals surface area contributed by atoms with Crippen molar-refractivity contribution in [2.45, 2.75) is 6.92 Å². The Morgan fingerprint density at radius 2 is 2.25 bits per heavy atom. The molecule has 0 N–H and O–H groups in total. The molecular formula is C3H6O+. The molecule has 0 saturated carbocycles. The SMILES string of the molecule is [CH2]C(C)=O.[H+]. The normalized spacial score (nSPS) is 6.50. The van der Waals surface area contributed by atoms with Crippen molar-refractivity contribution in [2.24, 2.45) is 0 Å². The number of Topliss-reactive ketones (excluding diaryl/α,β-unsaturated/α-hetero) is 1. The van der Waals surface area contributed by atoms with E-state index < -0.39 is 0 Å². The summed E-state index contributed by atoms with van der Waals surface area (Å²) < 4.78 is 0. The van der Waals surface area contributed by atoms with Gasteiger partial charge >= 0.3 is 1.43 Å². The van der Waals surface area contributed by atoms with Crippen LogP contribution in [-0.2, 0) is 4.79 Å². The zero-order chi connectivity index (χ0) is 3.58. The summed E-state index contributed by atoms with van der Waals surface area (Å²) in [6.07, 6.45) is 0. The maximum absolute atomic E-state index is 9.33. The minimum absolute atomic E-state index is 0. The zero-order valence-corrected chi connectivity index (χ0v) is 2.62. The fourth-order valence-electron chi connectivity index (χ4n) is 0. The first-order valence-corrected chi connectivity index (χ1v) is 1.06. The highest BCUT2D eigenvalue weighted by atomic mass is 16.1. The number of ketones is 1. The van der Waals surface area contributed by atoms with Gasteiger partial charge in [0.15, 0.2) is 0 Å². The summed E-state index contributed by atoms with van der Waals surface area (Å²) in [5.74, 6) is -0.0833. The van der Waals surface area contributed by atoms with Crippen LogP contribution in [0.25, 0.3) is 0 Å². The number of carbonyl (C=O) groups excluding carboxylic acids is 1. The van der Waals surface area contributed by atoms with Gasteiger partial charge in [0.05, 0.1) is 0 Å². The molecule has 1 heteroatoms. The summed E-state index contributed by atoms with van der Waals surface area (Å²) in [5, 5.41) is 0. The molecule has 0 bridgehead atoms. The van der Waals surface area contributed by atoms with Crippen molar-refractivity contribution in [3.63, 3.8) is 0 Å². The Morgan fingerprint density at radius 1 is 2.25 bits per heavy atom. The van der Waals surface area contributed by atoms with Crippen molar-refractivity contribution < 1.29 is 6.22 Å². The van der Waals surface area contributed by atoms with Crippen LogP contribution < -0.4 is 0 Å². The van der Waals surface area contributed by atoms with Crippen LogP contribution in [0.2, 0.25) is 0 Å². The minimum Gasteiger partial charge on any atom is -0.300 e. The molecule has 0 rings (SSSR count). The average molecular weight is 58.1 g/mol. The fraction of sp³-hybridized carbons (Fsp3) is 0.333. The minimum atomic E-state index is -0.0833. The lowest BCUT2D eigenvalue weighted by Crippen LogP contribution is -1.70. The van der Waals surface area contributed by atoms with Crippen LogP contribution in [0, 0.1) is 6.92 Å². The predicted octanol–water partition coefficient (Wildman–Crippen LogP) is 0.522. The van der Waals surface area contributed by atoms with Gasteiger partial charge in [-0.15, -0.1) is 0 Å². The lowest BCUT2D eigenvalue weighted by molar-refractivity contribution is -0.112. The van der Waals surface area contributed by atoms with Crippen molar-refractivity contribution in [1.82, 2.24) is 0 Å². The van der Waals surface area contributed by atoms with E-state index in [9.17, 15) is 4.79 Å². The van der Waals surface area contributed by atoms with E-state index in [1.807, 2.05) is 0 Å². The fourth-order valence-corrected chi connectivity index (χ4v) is 0. The molecule has 23 valence electrons. The summed E-state index contributed by atoms with van der Waals surface area (Å²) in [5.41, 5.74) is 0. The lowest BCUT2D eigenvalue weighted by atomic mass is 10.6. The Balaban J connectivity index is 0. The largest absolute Gasteiger partial charge is 1.00 e. The Bertz CT molecular complexity index is 29.9. The molecule has 1 nitrogen and oxygen atoms in total. The first kappa shape index (κ1) is 3.67. The van der Waals surface area contributed by atoms with Crippen LogP contribution >= 0.6 is 0 Å². The van der Waals surface area contributed by atoms with E-state index in [-0.39, 0.29) is 7.21 Å². The standard InChI is InChI=1S/C3H5O/c1-3(2)4/h1H2,2H3/p+1. The zero-order valence-electron chi connectivity index (χ0n) is 3.62. The summed E-state index contributed by atoms with van der Waals surface area (Å²) in [4.78, 5) is 9.33. The van der Waals surface area contributed by atoms with E-state index in [2.05, 4.69) is 6.92 Å². The molecule has 0 aromatic heterocycles. The Kier molecular flexibility index (Phi) is 0.958. The molecule has 0 atom stereocenters. The third kappa shape index (κ3) is 6.88. The first-order valence-electron chi connectivity index (χ1n) is 1.06. The molecule has 0 aliphatic heterocycles. The highest BCUT2D eigenvalue weighted by Crippen LogP contribution is 1.49. The van der Waals surface area contributed by atoms with E-state index in [1.54, 1.807) is 0 Å². The topological polar surface area (TPSA) is 17.1 Å². The maximum Gasteiger partial charge on any atom is 1.00 e. The van der Waals surface area contributed by atoms with Gasteiger partial charge in [0, 0.05) is 6.92 Å². The number of hydrogen-bond acceptors (Lipinski definition) is 1. The van der Waals surface area contributed by atoms with Crippen LogP contribution in [-0.4, -0.2) is 5.78 Å². The lowest BCUT2D eigenvalue weighted by Gasteiger charge is -1.55. The average Bonchev–Trinajstić information content (AvgIpc) is 0.811. The first-order chi connectivity index (χ1) is 1.73. The molecule has 0 saturated heterocycles. The van der Waals surface area contributed by atoms with Gasteiger partial charge in [0.1, 0.15) is 5.78 Å². The van der Waals surface area contributed by atoms with Crippen molar-refractivity contribution in [1.29, 1.82) is 0 Å². The van der Waals surface area contributed by atoms with Crippen molar-refractivity contribution in [3.05, 3.63) is 6.92 Å². The van der Waals surface area contributed by atoms with Crippen molar-refractivity contribution in [2.75, 3.05) is 0 Å². The molecule has 1 radical (unpaired) electrons. The second-order valence-corrected chi connectivity index (χ2v) is 0.702. The number of rotatable bonds is 0. The summed E-state index contributed by atoms with van der Waals surface area (Å²) in [6, 6.07) is 0. The summed E-state index contributed by atoms with van der Waals surface area (Å²) in [7, 11) is 0.